The summed E-state index contributed by atoms with van der Waals surface area (Å²) in [6, 6.07) is 53.8. The van der Waals surface area contributed by atoms with Crippen LogP contribution < -0.4 is 21.4 Å². The van der Waals surface area contributed by atoms with E-state index in [9.17, 15) is 0 Å². The van der Waals surface area contributed by atoms with E-state index in [2.05, 4.69) is 177 Å². The fraction of sp³-hybridized carbons (Fsp3) is 0. The summed E-state index contributed by atoms with van der Waals surface area (Å²) in [4.78, 5) is 16.6. The van der Waals surface area contributed by atoms with Gasteiger partial charge in [-0.2, -0.15) is 0 Å². The molecular formula is C42H30N4S. The Morgan fingerprint density at radius 1 is 0.298 bits per heavy atom. The van der Waals surface area contributed by atoms with E-state index in [4.69, 9.17) is 0 Å². The highest BCUT2D eigenvalue weighted by Crippen LogP contribution is 2.29. The van der Waals surface area contributed by atoms with Gasteiger partial charge in [-0.3, -0.25) is 0 Å². The Hall–Kier alpha value is -6.04. The van der Waals surface area contributed by atoms with Gasteiger partial charge >= 0.3 is 0 Å². The number of aromatic amines is 4. The molecule has 9 rings (SSSR count). The number of thiophene rings is 1. The minimum Gasteiger partial charge on any atom is -0.354 e. The van der Waals surface area contributed by atoms with Gasteiger partial charge in [-0.25, -0.2) is 0 Å². The molecule has 0 radical (unpaired) electrons. The van der Waals surface area contributed by atoms with Crippen LogP contribution in [0.5, 0.6) is 0 Å². The van der Waals surface area contributed by atoms with Crippen LogP contribution in [0.3, 0.4) is 0 Å². The second kappa shape index (κ2) is 11.4. The molecule has 0 amide bonds. The second-order valence-corrected chi connectivity index (χ2v) is 12.7. The maximum absolute atomic E-state index is 3.84. The van der Waals surface area contributed by atoms with Gasteiger partial charge in [0.15, 0.2) is 0 Å². The molecule has 6 heterocycles. The molecular weight excluding hydrogens is 593 g/mol. The number of hydrogen-bond acceptors (Lipinski definition) is 1. The average Bonchev–Trinajstić information content (AvgIpc) is 3.97. The van der Waals surface area contributed by atoms with Crippen molar-refractivity contribution >= 4 is 33.6 Å². The highest BCUT2D eigenvalue weighted by atomic mass is 32.1. The molecule has 8 bridgehead atoms. The minimum absolute atomic E-state index is 1.04. The van der Waals surface area contributed by atoms with Gasteiger partial charge in [0.05, 0.1) is 0 Å². The van der Waals surface area contributed by atoms with Crippen molar-refractivity contribution in [3.63, 3.8) is 0 Å². The van der Waals surface area contributed by atoms with E-state index in [0.717, 1.165) is 83.2 Å². The zero-order valence-corrected chi connectivity index (χ0v) is 26.2. The van der Waals surface area contributed by atoms with Gasteiger partial charge in [0, 0.05) is 71.3 Å². The lowest BCUT2D eigenvalue weighted by atomic mass is 10.0. The Morgan fingerprint density at radius 3 is 1.02 bits per heavy atom. The van der Waals surface area contributed by atoms with Crippen LogP contribution in [0.2, 0.25) is 0 Å². The van der Waals surface area contributed by atoms with Crippen LogP contribution in [0.15, 0.2) is 157 Å². The maximum atomic E-state index is 3.84. The van der Waals surface area contributed by atoms with Crippen molar-refractivity contribution in [1.82, 2.24) is 19.9 Å². The number of aromatic nitrogens is 4. The third kappa shape index (κ3) is 4.85. The summed E-state index contributed by atoms with van der Waals surface area (Å²) in [6.45, 7) is 0. The van der Waals surface area contributed by atoms with E-state index < -0.39 is 0 Å². The molecule has 4 nitrogen and oxygen atoms in total. The predicted molar refractivity (Wildman–Crippen MR) is 192 cm³/mol. The summed E-state index contributed by atoms with van der Waals surface area (Å²) < 4.78 is 0. The zero-order chi connectivity index (χ0) is 31.2. The summed E-state index contributed by atoms with van der Waals surface area (Å²) in [5, 5.41) is 6.33. The van der Waals surface area contributed by atoms with E-state index in [-0.39, 0.29) is 0 Å². The van der Waals surface area contributed by atoms with Crippen molar-refractivity contribution in [2.45, 2.75) is 0 Å². The van der Waals surface area contributed by atoms with Crippen LogP contribution in [0.1, 0.15) is 44.3 Å². The van der Waals surface area contributed by atoms with Crippen LogP contribution in [0.4, 0.5) is 0 Å². The number of H-pyrrole nitrogens is 4. The van der Waals surface area contributed by atoms with Crippen LogP contribution in [0, 0.1) is 0 Å². The van der Waals surface area contributed by atoms with E-state index in [1.165, 1.54) is 4.88 Å². The Labute approximate surface area is 275 Å². The molecule has 4 N–H and O–H groups in total. The van der Waals surface area contributed by atoms with Crippen molar-refractivity contribution in [2.75, 3.05) is 0 Å². The quantitative estimate of drug-likeness (QED) is 0.177. The van der Waals surface area contributed by atoms with Gasteiger partial charge in [0.25, 0.3) is 0 Å². The normalized spacial score (nSPS) is 12.9. The van der Waals surface area contributed by atoms with E-state index >= 15 is 0 Å². The van der Waals surface area contributed by atoms with Crippen LogP contribution in [0.25, 0.3) is 22.3 Å². The van der Waals surface area contributed by atoms with E-state index in [1.807, 2.05) is 0 Å². The number of benzene rings is 3. The van der Waals surface area contributed by atoms with Crippen molar-refractivity contribution in [3.8, 4) is 0 Å². The molecule has 0 atom stereocenters. The van der Waals surface area contributed by atoms with E-state index in [1.54, 1.807) is 11.3 Å². The largest absolute Gasteiger partial charge is 0.354 e. The first-order valence-corrected chi connectivity index (χ1v) is 16.6. The molecule has 0 aliphatic carbocycles. The van der Waals surface area contributed by atoms with Crippen LogP contribution >= 0.6 is 11.3 Å². The molecule has 0 fully saturated rings. The first-order chi connectivity index (χ1) is 23.3. The van der Waals surface area contributed by atoms with Crippen molar-refractivity contribution in [2.24, 2.45) is 0 Å². The smallest absolute Gasteiger partial charge is 0.0494 e. The van der Waals surface area contributed by atoms with Gasteiger partial charge in [-0.1, -0.05) is 97.1 Å². The molecule has 8 aromatic rings. The summed E-state index contributed by atoms with van der Waals surface area (Å²) >= 11 is 1.75. The number of rotatable bonds is 4. The molecule has 0 spiro atoms. The molecule has 0 unspecified atom stereocenters. The summed E-state index contributed by atoms with van der Waals surface area (Å²) in [5.74, 6) is 0. The highest BCUT2D eigenvalue weighted by molar-refractivity contribution is 7.11. The maximum Gasteiger partial charge on any atom is 0.0494 e. The summed E-state index contributed by atoms with van der Waals surface area (Å²) in [7, 11) is 0. The zero-order valence-electron chi connectivity index (χ0n) is 25.4. The second-order valence-electron chi connectivity index (χ2n) is 11.7. The predicted octanol–water partition coefficient (Wildman–Crippen LogP) is 6.36. The van der Waals surface area contributed by atoms with Gasteiger partial charge in [0.1, 0.15) is 0 Å². The first kappa shape index (κ1) is 27.3. The van der Waals surface area contributed by atoms with Gasteiger partial charge in [-0.05, 0) is 76.7 Å². The number of fused-ring (bicyclic) bond motifs is 8. The molecule has 224 valence electrons. The average molecular weight is 623 g/mol. The standard InChI is InChI=1S/C42H30N4S/c1-4-11-27(12-5-1)39-30-18-20-32(43-30)40(28-13-6-2-7-14-28)34-22-24-36(45-34)42(38-17-10-26-47-38)37-25-23-35(46-37)41(29-15-8-3-9-16-29)33-21-19-31(39)44-33/h1-26,43-46H. The van der Waals surface area contributed by atoms with Gasteiger partial charge in [0.2, 0.25) is 0 Å². The summed E-state index contributed by atoms with van der Waals surface area (Å²) in [5.41, 5.74) is 12.1. The van der Waals surface area contributed by atoms with Gasteiger partial charge in [-0.15, -0.1) is 11.3 Å². The van der Waals surface area contributed by atoms with Gasteiger partial charge < -0.3 is 19.9 Å². The minimum atomic E-state index is 1.04. The van der Waals surface area contributed by atoms with E-state index in [0.29, 0.717) is 0 Å². The Kier molecular flexibility index (Phi) is 6.61. The molecule has 0 saturated heterocycles. The lowest BCUT2D eigenvalue weighted by Gasteiger charge is -2.09. The first-order valence-electron chi connectivity index (χ1n) is 15.8. The van der Waals surface area contributed by atoms with Crippen LogP contribution in [-0.4, -0.2) is 19.9 Å². The SMILES string of the molecule is c1ccc(C2=c3ccc([nH]3)=C(c3ccccc3)c3ccc([nH]3)C(c3cccs3)=c3ccc([nH]3)=C(c3ccccc3)c3ccc2[nH]3)cc1. The Morgan fingerprint density at radius 2 is 0.660 bits per heavy atom. The lowest BCUT2D eigenvalue weighted by Crippen LogP contribution is -2.19. The highest BCUT2D eigenvalue weighted by Gasteiger charge is 2.18. The molecule has 1 aliphatic rings. The molecule has 47 heavy (non-hydrogen) atoms. The topological polar surface area (TPSA) is 63.2 Å². The Balaban J connectivity index is 1.44. The van der Waals surface area contributed by atoms with Crippen molar-refractivity contribution in [3.05, 3.63) is 223 Å². The molecule has 5 aromatic heterocycles. The van der Waals surface area contributed by atoms with Crippen LogP contribution in [-0.2, 0) is 0 Å². The third-order valence-corrected chi connectivity index (χ3v) is 9.74. The summed E-state index contributed by atoms with van der Waals surface area (Å²) in [6.07, 6.45) is 0. The fourth-order valence-electron chi connectivity index (χ4n) is 6.76. The van der Waals surface area contributed by atoms with Crippen molar-refractivity contribution in [1.29, 1.82) is 0 Å². The molecule has 3 aromatic carbocycles. The molecule has 0 saturated carbocycles. The number of hydrogen-bond donors (Lipinski definition) is 4. The van der Waals surface area contributed by atoms with Crippen molar-refractivity contribution < 1.29 is 0 Å². The monoisotopic (exact) mass is 622 g/mol. The lowest BCUT2D eigenvalue weighted by molar-refractivity contribution is 1.19. The number of nitrogens with one attached hydrogen (secondary N) is 4. The fourth-order valence-corrected chi connectivity index (χ4v) is 7.56. The third-order valence-electron chi connectivity index (χ3n) is 8.85. The molecule has 5 heteroatoms. The Bertz CT molecular complexity index is 2600. The molecule has 1 aliphatic heterocycles.